The van der Waals surface area contributed by atoms with Crippen molar-refractivity contribution in [3.05, 3.63) is 11.1 Å². The average Bonchev–Trinajstić information content (AvgIpc) is 2.49. The van der Waals surface area contributed by atoms with Gasteiger partial charge in [-0.05, 0) is 45.6 Å². The smallest absolute Gasteiger partial charge is 0.259 e. The van der Waals surface area contributed by atoms with Crippen molar-refractivity contribution in [2.24, 2.45) is 0 Å². The Morgan fingerprint density at radius 2 is 1.88 bits per heavy atom. The minimum atomic E-state index is -0.516. The van der Waals surface area contributed by atoms with E-state index in [0.29, 0.717) is 5.57 Å². The highest BCUT2D eigenvalue weighted by Crippen LogP contribution is 2.33. The molecule has 0 saturated carbocycles. The molecule has 0 aromatic carbocycles. The molecule has 0 radical (unpaired) electrons. The van der Waals surface area contributed by atoms with E-state index in [-0.39, 0.29) is 11.8 Å². The fourth-order valence-corrected chi connectivity index (χ4v) is 2.37. The summed E-state index contributed by atoms with van der Waals surface area (Å²) in [4.78, 5) is 14.2. The molecule has 4 nitrogen and oxygen atoms in total. The number of carbonyl (C=O) groups excluding carboxylic acids is 1. The van der Waals surface area contributed by atoms with Crippen molar-refractivity contribution in [2.75, 3.05) is 13.1 Å². The van der Waals surface area contributed by atoms with Crippen LogP contribution in [0.15, 0.2) is 11.1 Å². The summed E-state index contributed by atoms with van der Waals surface area (Å²) in [5.41, 5.74) is 0.827. The van der Waals surface area contributed by atoms with Crippen molar-refractivity contribution in [3.8, 4) is 0 Å². The lowest BCUT2D eigenvalue weighted by molar-refractivity contribution is -0.127. The minimum absolute atomic E-state index is 0.0298. The number of piperidine rings is 1. The Balaban J connectivity index is 2.24. The van der Waals surface area contributed by atoms with Gasteiger partial charge in [0, 0.05) is 13.1 Å². The normalized spacial score (nSPS) is 23.9. The zero-order chi connectivity index (χ0) is 12.6. The van der Waals surface area contributed by atoms with Gasteiger partial charge in [-0.3, -0.25) is 10.2 Å². The highest BCUT2D eigenvalue weighted by atomic mass is 16.5. The maximum Gasteiger partial charge on any atom is 0.259 e. The number of amides is 1. The van der Waals surface area contributed by atoms with Gasteiger partial charge < -0.3 is 9.64 Å². The van der Waals surface area contributed by atoms with Crippen LogP contribution in [0, 0.1) is 5.41 Å². The molecular weight excluding hydrogens is 216 g/mol. The summed E-state index contributed by atoms with van der Waals surface area (Å²) in [7, 11) is 0. The van der Waals surface area contributed by atoms with Crippen LogP contribution in [-0.2, 0) is 9.53 Å². The zero-order valence-corrected chi connectivity index (χ0v) is 10.8. The standard InChI is InChI=1S/C13H20N2O2/c1-9-10(11(14)17-13(9,2)3)12(16)15-7-5-4-6-8-15/h14H,4-8H2,1-3H3. The van der Waals surface area contributed by atoms with E-state index < -0.39 is 5.60 Å². The van der Waals surface area contributed by atoms with Crippen LogP contribution in [0.25, 0.3) is 0 Å². The van der Waals surface area contributed by atoms with Gasteiger partial charge in [-0.25, -0.2) is 0 Å². The van der Waals surface area contributed by atoms with Crippen LogP contribution in [-0.4, -0.2) is 35.4 Å². The van der Waals surface area contributed by atoms with E-state index in [9.17, 15) is 4.79 Å². The molecule has 0 aromatic rings. The molecule has 1 saturated heterocycles. The highest BCUT2D eigenvalue weighted by Gasteiger charge is 2.40. The average molecular weight is 236 g/mol. The lowest BCUT2D eigenvalue weighted by atomic mass is 9.96. The summed E-state index contributed by atoms with van der Waals surface area (Å²) in [5, 5.41) is 7.81. The summed E-state index contributed by atoms with van der Waals surface area (Å²) < 4.78 is 5.45. The first-order valence-electron chi connectivity index (χ1n) is 6.22. The van der Waals surface area contributed by atoms with Crippen molar-refractivity contribution in [1.29, 1.82) is 5.41 Å². The van der Waals surface area contributed by atoms with Crippen LogP contribution in [0.3, 0.4) is 0 Å². The summed E-state index contributed by atoms with van der Waals surface area (Å²) in [6.45, 7) is 7.30. The van der Waals surface area contributed by atoms with Crippen LogP contribution in [0.2, 0.25) is 0 Å². The second-order valence-corrected chi connectivity index (χ2v) is 5.29. The molecule has 2 aliphatic heterocycles. The molecule has 1 amide bonds. The summed E-state index contributed by atoms with van der Waals surface area (Å²) >= 11 is 0. The van der Waals surface area contributed by atoms with Crippen molar-refractivity contribution >= 4 is 11.8 Å². The molecule has 0 bridgehead atoms. The van der Waals surface area contributed by atoms with E-state index in [0.717, 1.165) is 31.5 Å². The molecule has 1 fully saturated rings. The predicted octanol–water partition coefficient (Wildman–Crippen LogP) is 2.10. The van der Waals surface area contributed by atoms with Crippen LogP contribution in [0.4, 0.5) is 0 Å². The van der Waals surface area contributed by atoms with E-state index in [4.69, 9.17) is 10.1 Å². The summed E-state index contributed by atoms with van der Waals surface area (Å²) in [5.74, 6) is 0.000786. The first kappa shape index (κ1) is 12.1. The number of rotatable bonds is 1. The van der Waals surface area contributed by atoms with Crippen molar-refractivity contribution in [2.45, 2.75) is 45.6 Å². The second-order valence-electron chi connectivity index (χ2n) is 5.29. The Kier molecular flexibility index (Phi) is 2.98. The lowest BCUT2D eigenvalue weighted by Gasteiger charge is -2.27. The number of nitrogens with one attached hydrogen (secondary N) is 1. The Labute approximate surface area is 102 Å². The van der Waals surface area contributed by atoms with E-state index >= 15 is 0 Å². The quantitative estimate of drug-likeness (QED) is 0.758. The van der Waals surface area contributed by atoms with E-state index in [1.807, 2.05) is 25.7 Å². The summed E-state index contributed by atoms with van der Waals surface area (Å²) in [6.07, 6.45) is 3.33. The minimum Gasteiger partial charge on any atom is -0.467 e. The zero-order valence-electron chi connectivity index (χ0n) is 10.8. The lowest BCUT2D eigenvalue weighted by Crippen LogP contribution is -2.37. The third-order valence-corrected chi connectivity index (χ3v) is 3.72. The van der Waals surface area contributed by atoms with E-state index in [1.54, 1.807) is 0 Å². The Morgan fingerprint density at radius 1 is 1.29 bits per heavy atom. The number of ether oxygens (including phenoxy) is 1. The largest absolute Gasteiger partial charge is 0.467 e. The highest BCUT2D eigenvalue weighted by molar-refractivity contribution is 6.19. The first-order chi connectivity index (χ1) is 7.93. The molecule has 4 heteroatoms. The van der Waals surface area contributed by atoms with Gasteiger partial charge in [-0.15, -0.1) is 0 Å². The molecule has 0 aliphatic carbocycles. The molecule has 0 aromatic heterocycles. The van der Waals surface area contributed by atoms with Gasteiger partial charge in [0.05, 0.1) is 0 Å². The van der Waals surface area contributed by atoms with Gasteiger partial charge in [-0.2, -0.15) is 0 Å². The molecule has 2 aliphatic rings. The maximum absolute atomic E-state index is 12.4. The first-order valence-corrected chi connectivity index (χ1v) is 6.22. The third kappa shape index (κ3) is 2.08. The molecule has 94 valence electrons. The molecule has 2 rings (SSSR count). The van der Waals surface area contributed by atoms with Crippen molar-refractivity contribution in [1.82, 2.24) is 4.90 Å². The number of hydrogen-bond acceptors (Lipinski definition) is 3. The Bertz CT molecular complexity index is 390. The fraction of sp³-hybridized carbons (Fsp3) is 0.692. The summed E-state index contributed by atoms with van der Waals surface area (Å²) in [6, 6.07) is 0. The van der Waals surface area contributed by atoms with Crippen LogP contribution >= 0.6 is 0 Å². The van der Waals surface area contributed by atoms with Crippen molar-refractivity contribution < 1.29 is 9.53 Å². The Morgan fingerprint density at radius 3 is 2.35 bits per heavy atom. The third-order valence-electron chi connectivity index (χ3n) is 3.72. The molecular formula is C13H20N2O2. The van der Waals surface area contributed by atoms with Gasteiger partial charge in [0.25, 0.3) is 5.91 Å². The SMILES string of the molecule is CC1=C(C(=O)N2CCCCC2)C(=N)OC1(C)C. The van der Waals surface area contributed by atoms with Gasteiger partial charge in [0.1, 0.15) is 11.2 Å². The van der Waals surface area contributed by atoms with Gasteiger partial charge in [0.2, 0.25) is 5.90 Å². The van der Waals surface area contributed by atoms with Gasteiger partial charge in [-0.1, -0.05) is 0 Å². The topological polar surface area (TPSA) is 53.4 Å². The van der Waals surface area contributed by atoms with E-state index in [2.05, 4.69) is 0 Å². The molecule has 1 N–H and O–H groups in total. The van der Waals surface area contributed by atoms with E-state index in [1.165, 1.54) is 6.42 Å². The number of carbonyl (C=O) groups is 1. The molecule has 0 atom stereocenters. The monoisotopic (exact) mass is 236 g/mol. The number of likely N-dealkylation sites (tertiary alicyclic amines) is 1. The van der Waals surface area contributed by atoms with Gasteiger partial charge in [0.15, 0.2) is 0 Å². The number of nitrogens with zero attached hydrogens (tertiary/aromatic N) is 1. The van der Waals surface area contributed by atoms with Crippen LogP contribution in [0.1, 0.15) is 40.0 Å². The predicted molar refractivity (Wildman–Crippen MR) is 66.0 cm³/mol. The second kappa shape index (κ2) is 4.17. The fourth-order valence-electron chi connectivity index (χ4n) is 2.37. The van der Waals surface area contributed by atoms with Gasteiger partial charge >= 0.3 is 0 Å². The molecule has 2 heterocycles. The molecule has 0 spiro atoms. The van der Waals surface area contributed by atoms with Crippen molar-refractivity contribution in [3.63, 3.8) is 0 Å². The number of hydrogen-bond donors (Lipinski definition) is 1. The van der Waals surface area contributed by atoms with Crippen LogP contribution < -0.4 is 0 Å². The Hall–Kier alpha value is -1.32. The maximum atomic E-state index is 12.4. The molecule has 0 unspecified atom stereocenters. The molecule has 17 heavy (non-hydrogen) atoms. The van der Waals surface area contributed by atoms with Crippen LogP contribution in [0.5, 0.6) is 0 Å².